The Hall–Kier alpha value is 0.230. The van der Waals surface area contributed by atoms with Crippen LogP contribution in [0.4, 0.5) is 0 Å². The van der Waals surface area contributed by atoms with Crippen LogP contribution in [-0.2, 0) is 0 Å². The number of nitrogens with zero attached hydrogens (tertiary/aromatic N) is 1. The van der Waals surface area contributed by atoms with Gasteiger partial charge in [0.15, 0.2) is 0 Å². The van der Waals surface area contributed by atoms with Gasteiger partial charge in [-0.05, 0) is 0 Å². The molecule has 1 aliphatic heterocycles. The highest BCUT2D eigenvalue weighted by Gasteiger charge is 2.35. The number of aliphatic hydroxyl groups excluding tert-OH is 2. The first-order chi connectivity index (χ1) is 4.66. The summed E-state index contributed by atoms with van der Waals surface area (Å²) < 4.78 is 1.69. The fourth-order valence-electron chi connectivity index (χ4n) is 1.28. The van der Waals surface area contributed by atoms with Crippen molar-refractivity contribution in [3.8, 4) is 0 Å². The van der Waals surface area contributed by atoms with Gasteiger partial charge < -0.3 is 10.2 Å². The molecule has 0 aromatic heterocycles. The molecule has 3 nitrogen and oxygen atoms in total. The molecule has 0 aromatic rings. The summed E-state index contributed by atoms with van der Waals surface area (Å²) in [5, 5.41) is 18.1. The molecule has 1 fully saturated rings. The Morgan fingerprint density at radius 3 is 2.50 bits per heavy atom. The van der Waals surface area contributed by atoms with Crippen LogP contribution in [-0.4, -0.2) is 39.8 Å². The Kier molecular flexibility index (Phi) is 2.57. The minimum atomic E-state index is -0.338. The van der Waals surface area contributed by atoms with Crippen molar-refractivity contribution in [2.45, 2.75) is 19.1 Å². The van der Waals surface area contributed by atoms with E-state index in [0.717, 1.165) is 0 Å². The topological polar surface area (TPSA) is 43.7 Å². The minimum Gasteiger partial charge on any atom is -0.395 e. The van der Waals surface area contributed by atoms with Crippen molar-refractivity contribution in [2.24, 2.45) is 5.92 Å². The molecule has 0 unspecified atom stereocenters. The molecule has 1 heterocycles. The van der Waals surface area contributed by atoms with E-state index in [-0.39, 0.29) is 24.7 Å². The number of hydrogen-bond donors (Lipinski definition) is 3. The summed E-state index contributed by atoms with van der Waals surface area (Å²) in [7, 11) is 0. The lowest BCUT2D eigenvalue weighted by Gasteiger charge is -2.18. The van der Waals surface area contributed by atoms with E-state index in [0.29, 0.717) is 6.54 Å². The SMILES string of the molecule is C[C@@H]1[C@@H](O)CN(S)[C@H]1CO. The predicted molar refractivity (Wildman–Crippen MR) is 41.7 cm³/mol. The maximum Gasteiger partial charge on any atom is 0.0718 e. The third-order valence-electron chi connectivity index (χ3n) is 2.16. The lowest BCUT2D eigenvalue weighted by Crippen LogP contribution is -2.28. The summed E-state index contributed by atoms with van der Waals surface area (Å²) in [6.45, 7) is 2.54. The molecule has 2 N–H and O–H groups in total. The standard InChI is InChI=1S/C6H13NO2S/c1-4-5(3-8)7(10)2-6(4)9/h4-6,8-10H,2-3H2,1H3/t4-,5-,6-/m0/s1. The molecule has 0 aliphatic carbocycles. The average Bonchev–Trinajstić information content (AvgIpc) is 2.09. The van der Waals surface area contributed by atoms with Crippen LogP contribution in [0, 0.1) is 5.92 Å². The molecule has 3 atom stereocenters. The van der Waals surface area contributed by atoms with Crippen LogP contribution in [0.2, 0.25) is 0 Å². The molecule has 1 saturated heterocycles. The lowest BCUT2D eigenvalue weighted by atomic mass is 10.0. The molecule has 1 rings (SSSR count). The van der Waals surface area contributed by atoms with Crippen molar-refractivity contribution < 1.29 is 10.2 Å². The third kappa shape index (κ3) is 1.29. The van der Waals surface area contributed by atoms with Crippen LogP contribution in [0.15, 0.2) is 0 Å². The molecule has 0 amide bonds. The monoisotopic (exact) mass is 163 g/mol. The largest absolute Gasteiger partial charge is 0.395 e. The van der Waals surface area contributed by atoms with Crippen molar-refractivity contribution in [2.75, 3.05) is 13.2 Å². The highest BCUT2D eigenvalue weighted by Crippen LogP contribution is 2.24. The number of thiol groups is 1. The smallest absolute Gasteiger partial charge is 0.0718 e. The summed E-state index contributed by atoms with van der Waals surface area (Å²) in [5.74, 6) is 0.127. The van der Waals surface area contributed by atoms with E-state index in [9.17, 15) is 5.11 Å². The molecular weight excluding hydrogens is 150 g/mol. The quantitative estimate of drug-likeness (QED) is 0.457. The minimum absolute atomic E-state index is 0.0123. The van der Waals surface area contributed by atoms with E-state index in [1.807, 2.05) is 6.92 Å². The van der Waals surface area contributed by atoms with Gasteiger partial charge >= 0.3 is 0 Å². The zero-order valence-corrected chi connectivity index (χ0v) is 6.83. The maximum atomic E-state index is 9.27. The first kappa shape index (κ1) is 8.33. The highest BCUT2D eigenvalue weighted by molar-refractivity contribution is 7.77. The van der Waals surface area contributed by atoms with Gasteiger partial charge in [0.2, 0.25) is 0 Å². The van der Waals surface area contributed by atoms with Gasteiger partial charge in [-0.15, -0.1) is 0 Å². The Bertz CT molecular complexity index is 122. The lowest BCUT2D eigenvalue weighted by molar-refractivity contribution is 0.132. The highest BCUT2D eigenvalue weighted by atomic mass is 32.1. The van der Waals surface area contributed by atoms with Crippen molar-refractivity contribution in [3.63, 3.8) is 0 Å². The molecule has 0 aromatic carbocycles. The summed E-state index contributed by atoms with van der Waals surface area (Å²) in [4.78, 5) is 0. The first-order valence-corrected chi connectivity index (χ1v) is 3.81. The van der Waals surface area contributed by atoms with Gasteiger partial charge in [0, 0.05) is 18.5 Å². The van der Waals surface area contributed by atoms with Gasteiger partial charge in [-0.1, -0.05) is 19.7 Å². The number of rotatable bonds is 1. The second-order valence-electron chi connectivity index (χ2n) is 2.80. The molecule has 1 aliphatic rings. The van der Waals surface area contributed by atoms with E-state index >= 15 is 0 Å². The van der Waals surface area contributed by atoms with Crippen molar-refractivity contribution in [3.05, 3.63) is 0 Å². The van der Waals surface area contributed by atoms with E-state index in [1.54, 1.807) is 4.31 Å². The molecule has 0 bridgehead atoms. The number of hydrogen-bond acceptors (Lipinski definition) is 4. The zero-order chi connectivity index (χ0) is 7.72. The van der Waals surface area contributed by atoms with Crippen molar-refractivity contribution in [1.82, 2.24) is 4.31 Å². The average molecular weight is 163 g/mol. The fourth-order valence-corrected chi connectivity index (χ4v) is 1.73. The van der Waals surface area contributed by atoms with Crippen molar-refractivity contribution >= 4 is 12.8 Å². The zero-order valence-electron chi connectivity index (χ0n) is 5.94. The second kappa shape index (κ2) is 3.09. The van der Waals surface area contributed by atoms with E-state index in [1.165, 1.54) is 0 Å². The van der Waals surface area contributed by atoms with Crippen molar-refractivity contribution in [1.29, 1.82) is 0 Å². The molecule has 0 spiro atoms. The van der Waals surface area contributed by atoms with Crippen LogP contribution in [0.1, 0.15) is 6.92 Å². The summed E-state index contributed by atoms with van der Waals surface area (Å²) >= 11 is 4.10. The summed E-state index contributed by atoms with van der Waals surface area (Å²) in [6, 6.07) is 0.0123. The van der Waals surface area contributed by atoms with Crippen LogP contribution >= 0.6 is 12.8 Å². The van der Waals surface area contributed by atoms with Crippen LogP contribution in [0.5, 0.6) is 0 Å². The Morgan fingerprint density at radius 1 is 1.70 bits per heavy atom. The molecular formula is C6H13NO2S. The van der Waals surface area contributed by atoms with Crippen LogP contribution < -0.4 is 0 Å². The van der Waals surface area contributed by atoms with Gasteiger partial charge in [-0.25, -0.2) is 4.31 Å². The van der Waals surface area contributed by atoms with E-state index in [4.69, 9.17) is 5.11 Å². The van der Waals surface area contributed by atoms with Gasteiger partial charge in [-0.2, -0.15) is 0 Å². The fraction of sp³-hybridized carbons (Fsp3) is 1.00. The Labute approximate surface area is 66.2 Å². The van der Waals surface area contributed by atoms with Crippen LogP contribution in [0.25, 0.3) is 0 Å². The van der Waals surface area contributed by atoms with E-state index in [2.05, 4.69) is 12.8 Å². The molecule has 60 valence electrons. The number of aliphatic hydroxyl groups is 2. The van der Waals surface area contributed by atoms with Gasteiger partial charge in [0.25, 0.3) is 0 Å². The normalized spacial score (nSPS) is 42.6. The van der Waals surface area contributed by atoms with Gasteiger partial charge in [-0.3, -0.25) is 0 Å². The second-order valence-corrected chi connectivity index (χ2v) is 3.31. The third-order valence-corrected chi connectivity index (χ3v) is 2.62. The molecule has 4 heteroatoms. The van der Waals surface area contributed by atoms with Gasteiger partial charge in [0.1, 0.15) is 0 Å². The Morgan fingerprint density at radius 2 is 2.30 bits per heavy atom. The molecule has 0 saturated carbocycles. The van der Waals surface area contributed by atoms with Crippen LogP contribution in [0.3, 0.4) is 0 Å². The van der Waals surface area contributed by atoms with Gasteiger partial charge in [0.05, 0.1) is 12.7 Å². The summed E-state index contributed by atoms with van der Waals surface area (Å²) in [5.41, 5.74) is 0. The predicted octanol–water partition coefficient (Wildman–Crippen LogP) is -0.495. The maximum absolute atomic E-state index is 9.27. The summed E-state index contributed by atoms with van der Waals surface area (Å²) in [6.07, 6.45) is -0.338. The molecule has 10 heavy (non-hydrogen) atoms. The Balaban J connectivity index is 2.55. The number of β-amino-alcohol motifs (C(OH)–C–C–N with tert-alkyl or cyclic N) is 1. The first-order valence-electron chi connectivity index (χ1n) is 3.41. The molecule has 0 radical (unpaired) electrons. The van der Waals surface area contributed by atoms with E-state index < -0.39 is 0 Å².